The highest BCUT2D eigenvalue weighted by Gasteiger charge is 2.52. The summed E-state index contributed by atoms with van der Waals surface area (Å²) in [7, 11) is 0. The van der Waals surface area contributed by atoms with E-state index < -0.39 is 6.10 Å². The van der Waals surface area contributed by atoms with Crippen molar-refractivity contribution in [3.8, 4) is 0 Å². The van der Waals surface area contributed by atoms with Crippen molar-refractivity contribution in [1.82, 2.24) is 0 Å². The Bertz CT molecular complexity index is 1040. The predicted molar refractivity (Wildman–Crippen MR) is 182 cm³/mol. The first kappa shape index (κ1) is 37.0. The normalized spacial score (nSPS) is 23.7. The first-order chi connectivity index (χ1) is 21.5. The average molecular weight is 631 g/mol. The number of aryl methyl sites for hydroxylation is 1. The van der Waals surface area contributed by atoms with Gasteiger partial charge in [-0.1, -0.05) is 108 Å². The van der Waals surface area contributed by atoms with E-state index in [0.29, 0.717) is 33.0 Å². The number of unbranched alkanes of at least 4 members (excludes halogenated alkanes) is 4. The lowest BCUT2D eigenvalue weighted by atomic mass is 9.70. The van der Waals surface area contributed by atoms with E-state index in [9.17, 15) is 5.11 Å². The van der Waals surface area contributed by atoms with Crippen molar-refractivity contribution >= 4 is 11.6 Å². The first-order valence-electron chi connectivity index (χ1n) is 17.5. The van der Waals surface area contributed by atoms with Crippen molar-refractivity contribution in [1.29, 1.82) is 0 Å². The molecule has 2 aromatic rings. The smallest absolute Gasteiger partial charge is 0.111 e. The largest absolute Gasteiger partial charge is 0.392 e. The van der Waals surface area contributed by atoms with Gasteiger partial charge in [-0.15, -0.1) is 0 Å². The molecule has 1 saturated carbocycles. The van der Waals surface area contributed by atoms with Crippen LogP contribution >= 0.6 is 11.6 Å². The van der Waals surface area contributed by atoms with Gasteiger partial charge in [0, 0.05) is 43.3 Å². The molecule has 2 aromatic carbocycles. The molecule has 1 N–H and O–H groups in total. The van der Waals surface area contributed by atoms with Crippen molar-refractivity contribution in [2.24, 2.45) is 5.92 Å². The summed E-state index contributed by atoms with van der Waals surface area (Å²) in [5.74, 6) is -0.546. The van der Waals surface area contributed by atoms with E-state index in [4.69, 9.17) is 30.5 Å². The van der Waals surface area contributed by atoms with Crippen LogP contribution in [0, 0.1) is 5.92 Å². The van der Waals surface area contributed by atoms with Gasteiger partial charge >= 0.3 is 0 Å². The minimum absolute atomic E-state index is 0.243. The van der Waals surface area contributed by atoms with E-state index >= 15 is 0 Å². The number of hydrogen-bond donors (Lipinski definition) is 1. The molecule has 1 aliphatic carbocycles. The SMILES string of the molecule is CCCCOC[C@H]1C(O)[C@@H](c2ccc(Cl)c(Cc3ccc(CC)cc3)c2)[C@H](OCCCC)[C@@H](OCCCC)[C@@H]1OCCCC. The van der Waals surface area contributed by atoms with Gasteiger partial charge in [-0.2, -0.15) is 0 Å². The fourth-order valence-corrected chi connectivity index (χ4v) is 6.27. The second-order valence-electron chi connectivity index (χ2n) is 12.4. The lowest BCUT2D eigenvalue weighted by Crippen LogP contribution is -2.61. The fraction of sp³-hybridized carbons (Fsp3) is 0.684. The lowest BCUT2D eigenvalue weighted by Gasteiger charge is -2.49. The van der Waals surface area contributed by atoms with E-state index in [0.717, 1.165) is 80.4 Å². The molecule has 0 radical (unpaired) electrons. The molecule has 0 amide bonds. The molecular formula is C38H59ClO5. The van der Waals surface area contributed by atoms with Crippen LogP contribution in [0.1, 0.15) is 114 Å². The van der Waals surface area contributed by atoms with Gasteiger partial charge in [0.25, 0.3) is 0 Å². The standard InChI is InChI=1S/C38H59ClO5/c1-6-11-21-41-27-32-35(40)34(30-19-20-33(39)31(26-30)25-29-17-15-28(10-5)16-18-29)37(43-23-13-8-3)38(44-24-14-9-4)36(32)42-22-12-7-2/h15-20,26,32,34-38,40H,6-14,21-25,27H2,1-5H3/t32-,34+,35?,36+,37-,38-/m0/s1. The molecule has 3 rings (SSSR count). The van der Waals surface area contributed by atoms with Crippen LogP contribution in [0.5, 0.6) is 0 Å². The zero-order valence-corrected chi connectivity index (χ0v) is 28.8. The average Bonchev–Trinajstić information content (AvgIpc) is 3.03. The second-order valence-corrected chi connectivity index (χ2v) is 12.8. The second kappa shape index (κ2) is 20.6. The molecule has 5 nitrogen and oxygen atoms in total. The third-order valence-electron chi connectivity index (χ3n) is 8.89. The van der Waals surface area contributed by atoms with E-state index in [2.05, 4.69) is 71.0 Å². The fourth-order valence-electron chi connectivity index (χ4n) is 6.08. The van der Waals surface area contributed by atoms with Crippen molar-refractivity contribution in [2.75, 3.05) is 33.0 Å². The van der Waals surface area contributed by atoms with Crippen LogP contribution in [0.4, 0.5) is 0 Å². The maximum atomic E-state index is 12.3. The number of halogens is 1. The van der Waals surface area contributed by atoms with Crippen LogP contribution in [0.15, 0.2) is 42.5 Å². The molecule has 0 aromatic heterocycles. The molecule has 0 aliphatic heterocycles. The van der Waals surface area contributed by atoms with Crippen molar-refractivity contribution in [2.45, 2.75) is 129 Å². The Labute approximate surface area is 273 Å². The Kier molecular flexibility index (Phi) is 17.3. The quantitative estimate of drug-likeness (QED) is 0.140. The third kappa shape index (κ3) is 10.8. The molecular weight excluding hydrogens is 572 g/mol. The molecule has 0 saturated heterocycles. The summed E-state index contributed by atoms with van der Waals surface area (Å²) >= 11 is 6.79. The van der Waals surface area contributed by atoms with Crippen LogP contribution in [-0.4, -0.2) is 62.6 Å². The molecule has 248 valence electrons. The molecule has 1 aliphatic rings. The molecule has 0 spiro atoms. The summed E-state index contributed by atoms with van der Waals surface area (Å²) in [6, 6.07) is 15.0. The topological polar surface area (TPSA) is 57.2 Å². The minimum atomic E-state index is -0.723. The molecule has 44 heavy (non-hydrogen) atoms. The molecule has 6 atom stereocenters. The van der Waals surface area contributed by atoms with Crippen LogP contribution in [0.25, 0.3) is 0 Å². The van der Waals surface area contributed by atoms with Gasteiger partial charge in [0.15, 0.2) is 0 Å². The molecule has 1 unspecified atom stereocenters. The van der Waals surface area contributed by atoms with E-state index in [1.54, 1.807) is 0 Å². The Hall–Kier alpha value is -1.47. The zero-order valence-electron chi connectivity index (χ0n) is 28.1. The lowest BCUT2D eigenvalue weighted by molar-refractivity contribution is -0.219. The Morgan fingerprint density at radius 3 is 1.80 bits per heavy atom. The number of rotatable bonds is 21. The van der Waals surface area contributed by atoms with Gasteiger partial charge in [-0.25, -0.2) is 0 Å². The maximum absolute atomic E-state index is 12.3. The summed E-state index contributed by atoms with van der Waals surface area (Å²) < 4.78 is 26.2. The number of aliphatic hydroxyl groups is 1. The molecule has 6 heteroatoms. The summed E-state index contributed by atoms with van der Waals surface area (Å²) in [6.45, 7) is 13.8. The molecule has 0 bridgehead atoms. The Balaban J connectivity index is 2.03. The van der Waals surface area contributed by atoms with Crippen molar-refractivity contribution in [3.63, 3.8) is 0 Å². The monoisotopic (exact) mass is 630 g/mol. The van der Waals surface area contributed by atoms with Gasteiger partial charge < -0.3 is 24.1 Å². The summed E-state index contributed by atoms with van der Waals surface area (Å²) in [5, 5.41) is 13.0. The van der Waals surface area contributed by atoms with Crippen LogP contribution < -0.4 is 0 Å². The summed E-state index contributed by atoms with van der Waals surface area (Å²) in [5.41, 5.74) is 4.61. The summed E-state index contributed by atoms with van der Waals surface area (Å²) in [4.78, 5) is 0. The van der Waals surface area contributed by atoms with Gasteiger partial charge in [0.1, 0.15) is 6.10 Å². The number of ether oxygens (including phenoxy) is 4. The van der Waals surface area contributed by atoms with Crippen LogP contribution in [0.2, 0.25) is 5.02 Å². The van der Waals surface area contributed by atoms with Crippen LogP contribution in [0.3, 0.4) is 0 Å². The van der Waals surface area contributed by atoms with Gasteiger partial charge in [-0.3, -0.25) is 0 Å². The Morgan fingerprint density at radius 2 is 1.20 bits per heavy atom. The number of benzene rings is 2. The molecule has 0 heterocycles. The van der Waals surface area contributed by atoms with Crippen molar-refractivity contribution in [3.05, 3.63) is 69.7 Å². The van der Waals surface area contributed by atoms with Gasteiger partial charge in [-0.05, 0) is 66.8 Å². The highest BCUT2D eigenvalue weighted by atomic mass is 35.5. The number of aliphatic hydroxyl groups excluding tert-OH is 1. The predicted octanol–water partition coefficient (Wildman–Crippen LogP) is 8.94. The third-order valence-corrected chi connectivity index (χ3v) is 9.26. The van der Waals surface area contributed by atoms with Crippen molar-refractivity contribution < 1.29 is 24.1 Å². The van der Waals surface area contributed by atoms with Crippen LogP contribution in [-0.2, 0) is 31.8 Å². The van der Waals surface area contributed by atoms with E-state index in [1.165, 1.54) is 11.1 Å². The molecule has 1 fully saturated rings. The Morgan fingerprint density at radius 1 is 0.659 bits per heavy atom. The van der Waals surface area contributed by atoms with E-state index in [1.807, 2.05) is 6.07 Å². The highest BCUT2D eigenvalue weighted by molar-refractivity contribution is 6.31. The highest BCUT2D eigenvalue weighted by Crippen LogP contribution is 2.43. The zero-order chi connectivity index (χ0) is 31.7. The van der Waals surface area contributed by atoms with Gasteiger partial charge in [0.05, 0.1) is 24.9 Å². The first-order valence-corrected chi connectivity index (χ1v) is 17.8. The maximum Gasteiger partial charge on any atom is 0.111 e. The summed E-state index contributed by atoms with van der Waals surface area (Å²) in [6.07, 6.45) is 8.09. The van der Waals surface area contributed by atoms with E-state index in [-0.39, 0.29) is 30.1 Å². The minimum Gasteiger partial charge on any atom is -0.392 e. The number of hydrogen-bond acceptors (Lipinski definition) is 5. The van der Waals surface area contributed by atoms with Gasteiger partial charge in [0.2, 0.25) is 0 Å².